The number of thioether (sulfide) groups is 1. The largest absolute Gasteiger partial charge is 0.462 e. The molecule has 1 aromatic heterocycles. The second-order valence-electron chi connectivity index (χ2n) is 8.55. The summed E-state index contributed by atoms with van der Waals surface area (Å²) < 4.78 is 5.36. The van der Waals surface area contributed by atoms with Gasteiger partial charge in [0.25, 0.3) is 0 Å². The van der Waals surface area contributed by atoms with Crippen molar-refractivity contribution in [3.8, 4) is 11.1 Å². The van der Waals surface area contributed by atoms with Gasteiger partial charge in [-0.2, -0.15) is 0 Å². The summed E-state index contributed by atoms with van der Waals surface area (Å²) in [5, 5.41) is 7.49. The number of thiophene rings is 1. The first-order valence-electron chi connectivity index (χ1n) is 12.1. The highest BCUT2D eigenvalue weighted by molar-refractivity contribution is 8.00. The van der Waals surface area contributed by atoms with Crippen LogP contribution in [-0.4, -0.2) is 24.4 Å². The fourth-order valence-electron chi connectivity index (χ4n) is 3.87. The van der Waals surface area contributed by atoms with Crippen LogP contribution >= 0.6 is 23.1 Å². The smallest absolute Gasteiger partial charge is 0.341 e. The summed E-state index contributed by atoms with van der Waals surface area (Å²) in [6, 6.07) is 24.7. The Balaban J connectivity index is 1.67. The number of carbonyl (C=O) groups is 3. The van der Waals surface area contributed by atoms with Gasteiger partial charge in [-0.05, 0) is 43.2 Å². The Morgan fingerprint density at radius 3 is 2.37 bits per heavy atom. The van der Waals surface area contributed by atoms with Crippen LogP contribution in [0.5, 0.6) is 0 Å². The summed E-state index contributed by atoms with van der Waals surface area (Å²) >= 11 is 2.66. The zero-order chi connectivity index (χ0) is 27.1. The van der Waals surface area contributed by atoms with Crippen molar-refractivity contribution >= 4 is 51.6 Å². The number of carbonyl (C=O) groups excluding carboxylic acids is 3. The van der Waals surface area contributed by atoms with Gasteiger partial charge in [0.2, 0.25) is 11.8 Å². The third-order valence-electron chi connectivity index (χ3n) is 5.62. The van der Waals surface area contributed by atoms with Crippen LogP contribution in [0.1, 0.15) is 40.6 Å². The third kappa shape index (κ3) is 6.70. The highest BCUT2D eigenvalue weighted by atomic mass is 32.2. The number of ether oxygens (including phenoxy) is 1. The van der Waals surface area contributed by atoms with Gasteiger partial charge < -0.3 is 15.4 Å². The van der Waals surface area contributed by atoms with E-state index < -0.39 is 11.2 Å². The average molecular weight is 545 g/mol. The molecule has 0 saturated heterocycles. The molecule has 1 atom stereocenters. The number of benzene rings is 3. The van der Waals surface area contributed by atoms with E-state index >= 15 is 0 Å². The maximum absolute atomic E-state index is 13.8. The Bertz CT molecular complexity index is 1430. The Morgan fingerprint density at radius 2 is 1.68 bits per heavy atom. The first-order chi connectivity index (χ1) is 18.4. The molecule has 8 heteroatoms. The van der Waals surface area contributed by atoms with Crippen molar-refractivity contribution in [2.75, 3.05) is 17.2 Å². The van der Waals surface area contributed by atoms with E-state index in [0.29, 0.717) is 16.3 Å². The molecule has 0 aliphatic rings. The van der Waals surface area contributed by atoms with Crippen molar-refractivity contribution < 1.29 is 19.1 Å². The maximum Gasteiger partial charge on any atom is 0.341 e. The van der Waals surface area contributed by atoms with E-state index in [-0.39, 0.29) is 18.4 Å². The van der Waals surface area contributed by atoms with E-state index in [1.165, 1.54) is 30.0 Å². The normalized spacial score (nSPS) is 11.4. The van der Waals surface area contributed by atoms with Crippen LogP contribution in [0.15, 0.2) is 89.1 Å². The van der Waals surface area contributed by atoms with Crippen LogP contribution < -0.4 is 10.6 Å². The average Bonchev–Trinajstić information content (AvgIpc) is 3.31. The molecule has 0 bridgehead atoms. The van der Waals surface area contributed by atoms with Crippen LogP contribution in [0.4, 0.5) is 10.7 Å². The van der Waals surface area contributed by atoms with Crippen LogP contribution in [0.2, 0.25) is 0 Å². The number of anilines is 2. The summed E-state index contributed by atoms with van der Waals surface area (Å²) in [7, 11) is 0. The number of rotatable bonds is 9. The molecule has 2 N–H and O–H groups in total. The predicted molar refractivity (Wildman–Crippen MR) is 155 cm³/mol. The van der Waals surface area contributed by atoms with E-state index in [4.69, 9.17) is 4.74 Å². The van der Waals surface area contributed by atoms with Crippen LogP contribution in [0.25, 0.3) is 11.1 Å². The number of hydrogen-bond acceptors (Lipinski definition) is 6. The molecule has 0 radical (unpaired) electrons. The predicted octanol–water partition coefficient (Wildman–Crippen LogP) is 7.33. The number of esters is 1. The van der Waals surface area contributed by atoms with Crippen molar-refractivity contribution in [3.63, 3.8) is 0 Å². The molecule has 0 fully saturated rings. The summed E-state index contributed by atoms with van der Waals surface area (Å²) in [5.74, 6) is -0.918. The van der Waals surface area contributed by atoms with Gasteiger partial charge in [0.05, 0.1) is 6.61 Å². The summed E-state index contributed by atoms with van der Waals surface area (Å²) in [4.78, 5) is 39.1. The lowest BCUT2D eigenvalue weighted by molar-refractivity contribution is -0.116. The molecule has 0 aliphatic carbocycles. The maximum atomic E-state index is 13.8. The number of hydrogen-bond donors (Lipinski definition) is 2. The van der Waals surface area contributed by atoms with E-state index in [1.54, 1.807) is 13.0 Å². The molecular formula is C30H28N2O4S2. The van der Waals surface area contributed by atoms with Crippen LogP contribution in [-0.2, 0) is 14.3 Å². The lowest BCUT2D eigenvalue weighted by atomic mass is 10.0. The monoisotopic (exact) mass is 544 g/mol. The Kier molecular flexibility index (Phi) is 8.99. The molecule has 6 nitrogen and oxygen atoms in total. The molecule has 1 heterocycles. The van der Waals surface area contributed by atoms with Gasteiger partial charge in [-0.25, -0.2) is 4.79 Å². The molecule has 1 unspecified atom stereocenters. The first kappa shape index (κ1) is 27.2. The van der Waals surface area contributed by atoms with Crippen molar-refractivity contribution in [2.24, 2.45) is 0 Å². The number of aryl methyl sites for hydroxylation is 1. The van der Waals surface area contributed by atoms with Crippen LogP contribution in [0.3, 0.4) is 0 Å². The quantitative estimate of drug-likeness (QED) is 0.170. The highest BCUT2D eigenvalue weighted by Gasteiger charge is 2.27. The Labute approximate surface area is 230 Å². The van der Waals surface area contributed by atoms with E-state index in [2.05, 4.69) is 10.6 Å². The van der Waals surface area contributed by atoms with Crippen molar-refractivity contribution in [1.29, 1.82) is 0 Å². The molecule has 0 saturated carbocycles. The standard InChI is InChI=1S/C30H28N2O4S2/c1-4-36-30(35)26-25(21-15-13-19(2)14-16-21)18-37-29(26)32-28(34)27(22-9-6-5-7-10-22)38-24-12-8-11-23(17-24)31-20(3)33/h5-18,27H,4H2,1-3H3,(H,31,33)(H,32,34). The van der Waals surface area contributed by atoms with Gasteiger partial charge in [-0.3, -0.25) is 9.59 Å². The molecule has 0 spiro atoms. The highest BCUT2D eigenvalue weighted by Crippen LogP contribution is 2.40. The van der Waals surface area contributed by atoms with E-state index in [1.807, 2.05) is 85.1 Å². The van der Waals surface area contributed by atoms with Crippen molar-refractivity contribution in [1.82, 2.24) is 0 Å². The number of amides is 2. The van der Waals surface area contributed by atoms with Gasteiger partial charge >= 0.3 is 5.97 Å². The summed E-state index contributed by atoms with van der Waals surface area (Å²) in [6.07, 6.45) is 0. The minimum absolute atomic E-state index is 0.168. The molecule has 2 amide bonds. The molecule has 3 aromatic carbocycles. The fraction of sp³-hybridized carbons (Fsp3) is 0.167. The minimum atomic E-state index is -0.608. The SMILES string of the molecule is CCOC(=O)c1c(-c2ccc(C)cc2)csc1NC(=O)C(Sc1cccc(NC(C)=O)c1)c1ccccc1. The Morgan fingerprint density at radius 1 is 0.947 bits per heavy atom. The summed E-state index contributed by atoms with van der Waals surface area (Å²) in [6.45, 7) is 5.43. The number of nitrogens with one attached hydrogen (secondary N) is 2. The minimum Gasteiger partial charge on any atom is -0.462 e. The second-order valence-corrected chi connectivity index (χ2v) is 10.6. The van der Waals surface area contributed by atoms with Crippen LogP contribution in [0, 0.1) is 6.92 Å². The molecule has 38 heavy (non-hydrogen) atoms. The Hall–Kier alpha value is -3.88. The topological polar surface area (TPSA) is 84.5 Å². The molecular weight excluding hydrogens is 516 g/mol. The fourth-order valence-corrected chi connectivity index (χ4v) is 5.91. The first-order valence-corrected chi connectivity index (χ1v) is 13.9. The van der Waals surface area contributed by atoms with Gasteiger partial charge in [0, 0.05) is 28.5 Å². The van der Waals surface area contributed by atoms with Crippen molar-refractivity contribution in [2.45, 2.75) is 30.9 Å². The van der Waals surface area contributed by atoms with Gasteiger partial charge in [-0.15, -0.1) is 23.1 Å². The summed E-state index contributed by atoms with van der Waals surface area (Å²) in [5.41, 5.74) is 4.52. The molecule has 4 rings (SSSR count). The lowest BCUT2D eigenvalue weighted by Gasteiger charge is -2.18. The molecule has 194 valence electrons. The third-order valence-corrected chi connectivity index (χ3v) is 7.76. The van der Waals surface area contributed by atoms with Gasteiger partial charge in [-0.1, -0.05) is 66.2 Å². The molecule has 0 aliphatic heterocycles. The zero-order valence-corrected chi connectivity index (χ0v) is 22.9. The molecule has 4 aromatic rings. The van der Waals surface area contributed by atoms with E-state index in [9.17, 15) is 14.4 Å². The van der Waals surface area contributed by atoms with Gasteiger partial charge in [0.15, 0.2) is 0 Å². The lowest BCUT2D eigenvalue weighted by Crippen LogP contribution is -2.20. The van der Waals surface area contributed by atoms with E-state index in [0.717, 1.165) is 27.1 Å². The second kappa shape index (κ2) is 12.6. The van der Waals surface area contributed by atoms with Gasteiger partial charge in [0.1, 0.15) is 15.8 Å². The van der Waals surface area contributed by atoms with Crippen molar-refractivity contribution in [3.05, 3.63) is 101 Å². The zero-order valence-electron chi connectivity index (χ0n) is 21.3.